The number of methoxy groups -OCH3 is 1. The van der Waals surface area contributed by atoms with Crippen molar-refractivity contribution in [3.63, 3.8) is 0 Å². The van der Waals surface area contributed by atoms with Crippen LogP contribution in [0.2, 0.25) is 0 Å². The second-order valence-electron chi connectivity index (χ2n) is 5.26. The minimum Gasteiger partial charge on any atom is -0.378 e. The Balaban J connectivity index is 2.12. The van der Waals surface area contributed by atoms with Crippen LogP contribution in [-0.4, -0.2) is 12.7 Å². The predicted molar refractivity (Wildman–Crippen MR) is 74.1 cm³/mol. The molecule has 1 atom stereocenters. The third-order valence-corrected chi connectivity index (χ3v) is 4.24. The Bertz CT molecular complexity index is 382. The molecule has 100 valence electrons. The van der Waals surface area contributed by atoms with E-state index in [2.05, 4.69) is 36.6 Å². The van der Waals surface area contributed by atoms with Crippen LogP contribution in [0.5, 0.6) is 0 Å². The second kappa shape index (κ2) is 5.83. The molecule has 1 fully saturated rings. The number of ether oxygens (including phenoxy) is 1. The highest BCUT2D eigenvalue weighted by Gasteiger charge is 2.39. The Morgan fingerprint density at radius 2 is 2.22 bits per heavy atom. The molecule has 18 heavy (non-hydrogen) atoms. The average Bonchev–Trinajstić information content (AvgIpc) is 2.38. The molecule has 1 saturated carbocycles. The van der Waals surface area contributed by atoms with Crippen molar-refractivity contribution in [2.24, 2.45) is 5.84 Å². The minimum atomic E-state index is 0.0409. The summed E-state index contributed by atoms with van der Waals surface area (Å²) in [5, 5.41) is 0. The molecule has 1 aromatic carbocycles. The smallest absolute Gasteiger partial charge is 0.0697 e. The number of nitrogens with one attached hydrogen (secondary N) is 1. The van der Waals surface area contributed by atoms with Gasteiger partial charge < -0.3 is 4.74 Å². The van der Waals surface area contributed by atoms with Crippen molar-refractivity contribution in [1.29, 1.82) is 0 Å². The van der Waals surface area contributed by atoms with Crippen LogP contribution in [0.25, 0.3) is 0 Å². The summed E-state index contributed by atoms with van der Waals surface area (Å²) in [4.78, 5) is 0. The first-order valence-corrected chi connectivity index (χ1v) is 6.83. The fourth-order valence-electron chi connectivity index (χ4n) is 2.74. The van der Waals surface area contributed by atoms with Gasteiger partial charge in [-0.05, 0) is 43.2 Å². The molecule has 0 bridgehead atoms. The highest BCUT2D eigenvalue weighted by Crippen LogP contribution is 2.41. The maximum absolute atomic E-state index is 5.73. The molecule has 0 radical (unpaired) electrons. The van der Waals surface area contributed by atoms with Gasteiger partial charge in [-0.15, -0.1) is 0 Å². The highest BCUT2D eigenvalue weighted by molar-refractivity contribution is 5.26. The van der Waals surface area contributed by atoms with Crippen molar-refractivity contribution in [1.82, 2.24) is 5.43 Å². The van der Waals surface area contributed by atoms with Crippen molar-refractivity contribution >= 4 is 0 Å². The standard InChI is InChI=1S/C15H24N2O/c1-3-12-6-4-7-13(10-12)14(17-16)11-15(18-2)8-5-9-15/h4,6-7,10,14,17H,3,5,8-9,11,16H2,1-2H3. The van der Waals surface area contributed by atoms with Crippen LogP contribution in [0.3, 0.4) is 0 Å². The quantitative estimate of drug-likeness (QED) is 0.601. The van der Waals surface area contributed by atoms with Crippen molar-refractivity contribution in [2.75, 3.05) is 7.11 Å². The summed E-state index contributed by atoms with van der Waals surface area (Å²) in [6, 6.07) is 8.83. The monoisotopic (exact) mass is 248 g/mol. The number of hydrogen-bond acceptors (Lipinski definition) is 3. The molecule has 0 heterocycles. The zero-order valence-corrected chi connectivity index (χ0v) is 11.4. The molecule has 1 aliphatic rings. The van der Waals surface area contributed by atoms with Crippen molar-refractivity contribution < 1.29 is 4.74 Å². The predicted octanol–water partition coefficient (Wildman–Crippen LogP) is 2.71. The van der Waals surface area contributed by atoms with Crippen LogP contribution in [0.1, 0.15) is 49.8 Å². The zero-order chi connectivity index (χ0) is 13.0. The highest BCUT2D eigenvalue weighted by atomic mass is 16.5. The van der Waals surface area contributed by atoms with Gasteiger partial charge in [-0.2, -0.15) is 0 Å². The van der Waals surface area contributed by atoms with Crippen LogP contribution >= 0.6 is 0 Å². The molecule has 3 nitrogen and oxygen atoms in total. The van der Waals surface area contributed by atoms with Gasteiger partial charge in [0, 0.05) is 13.2 Å². The number of hydrazine groups is 1. The maximum atomic E-state index is 5.73. The molecular weight excluding hydrogens is 224 g/mol. The van der Waals surface area contributed by atoms with Gasteiger partial charge in [-0.1, -0.05) is 31.2 Å². The molecule has 1 unspecified atom stereocenters. The van der Waals surface area contributed by atoms with E-state index >= 15 is 0 Å². The van der Waals surface area contributed by atoms with Gasteiger partial charge in [0.05, 0.1) is 5.60 Å². The van der Waals surface area contributed by atoms with Gasteiger partial charge in [0.25, 0.3) is 0 Å². The van der Waals surface area contributed by atoms with E-state index in [1.54, 1.807) is 0 Å². The molecule has 0 aliphatic heterocycles. The first-order valence-electron chi connectivity index (χ1n) is 6.83. The van der Waals surface area contributed by atoms with E-state index in [1.807, 2.05) is 7.11 Å². The van der Waals surface area contributed by atoms with Gasteiger partial charge >= 0.3 is 0 Å². The Hall–Kier alpha value is -0.900. The average molecular weight is 248 g/mol. The number of benzene rings is 1. The lowest BCUT2D eigenvalue weighted by Gasteiger charge is -2.42. The van der Waals surface area contributed by atoms with Gasteiger partial charge in [0.15, 0.2) is 0 Å². The molecule has 3 N–H and O–H groups in total. The number of hydrogen-bond donors (Lipinski definition) is 2. The Labute approximate surface area is 110 Å². The molecule has 0 saturated heterocycles. The van der Waals surface area contributed by atoms with Gasteiger partial charge in [0.2, 0.25) is 0 Å². The van der Waals surface area contributed by atoms with Crippen molar-refractivity contribution in [3.05, 3.63) is 35.4 Å². The summed E-state index contributed by atoms with van der Waals surface area (Å²) < 4.78 is 5.69. The summed E-state index contributed by atoms with van der Waals surface area (Å²) in [7, 11) is 1.81. The van der Waals surface area contributed by atoms with E-state index in [1.165, 1.54) is 17.5 Å². The van der Waals surface area contributed by atoms with E-state index in [-0.39, 0.29) is 11.6 Å². The van der Waals surface area contributed by atoms with Crippen LogP contribution in [0.4, 0.5) is 0 Å². The van der Waals surface area contributed by atoms with Crippen molar-refractivity contribution in [2.45, 2.75) is 50.7 Å². The summed E-state index contributed by atoms with van der Waals surface area (Å²) in [5.41, 5.74) is 5.61. The van der Waals surface area contributed by atoms with Crippen LogP contribution in [-0.2, 0) is 11.2 Å². The molecule has 3 heteroatoms. The summed E-state index contributed by atoms with van der Waals surface area (Å²) in [6.07, 6.45) is 5.57. The number of nitrogens with two attached hydrogens (primary N) is 1. The van der Waals surface area contributed by atoms with Crippen LogP contribution < -0.4 is 11.3 Å². The van der Waals surface area contributed by atoms with Crippen LogP contribution in [0, 0.1) is 0 Å². The van der Waals surface area contributed by atoms with Gasteiger partial charge in [-0.25, -0.2) is 0 Å². The Morgan fingerprint density at radius 1 is 1.44 bits per heavy atom. The lowest BCUT2D eigenvalue weighted by molar-refractivity contribution is -0.0838. The molecule has 1 aromatic rings. The Morgan fingerprint density at radius 3 is 2.72 bits per heavy atom. The van der Waals surface area contributed by atoms with E-state index in [9.17, 15) is 0 Å². The minimum absolute atomic E-state index is 0.0409. The molecule has 0 amide bonds. The van der Waals surface area contributed by atoms with E-state index in [4.69, 9.17) is 10.6 Å². The molecular formula is C15H24N2O. The summed E-state index contributed by atoms with van der Waals surface area (Å²) in [6.45, 7) is 2.17. The molecule has 0 spiro atoms. The summed E-state index contributed by atoms with van der Waals surface area (Å²) in [5.74, 6) is 5.73. The normalized spacial score (nSPS) is 19.3. The first kappa shape index (κ1) is 13.5. The third kappa shape index (κ3) is 2.74. The van der Waals surface area contributed by atoms with Crippen molar-refractivity contribution in [3.8, 4) is 0 Å². The maximum Gasteiger partial charge on any atom is 0.0697 e. The Kier molecular flexibility index (Phi) is 4.38. The fraction of sp³-hybridized carbons (Fsp3) is 0.600. The number of rotatable bonds is 6. The zero-order valence-electron chi connectivity index (χ0n) is 11.4. The molecule has 0 aromatic heterocycles. The van der Waals surface area contributed by atoms with E-state index in [0.29, 0.717) is 0 Å². The summed E-state index contributed by atoms with van der Waals surface area (Å²) >= 11 is 0. The molecule has 2 rings (SSSR count). The lowest BCUT2D eigenvalue weighted by Crippen LogP contribution is -2.44. The number of aryl methyl sites for hydroxylation is 1. The first-order chi connectivity index (χ1) is 8.73. The van der Waals surface area contributed by atoms with Gasteiger partial charge in [0.1, 0.15) is 0 Å². The fourth-order valence-corrected chi connectivity index (χ4v) is 2.74. The van der Waals surface area contributed by atoms with Gasteiger partial charge in [-0.3, -0.25) is 11.3 Å². The SMILES string of the molecule is CCc1cccc(C(CC2(OC)CCC2)NN)c1. The second-order valence-corrected chi connectivity index (χ2v) is 5.26. The molecule has 1 aliphatic carbocycles. The third-order valence-electron chi connectivity index (χ3n) is 4.24. The van der Waals surface area contributed by atoms with E-state index < -0.39 is 0 Å². The van der Waals surface area contributed by atoms with E-state index in [0.717, 1.165) is 25.7 Å². The topological polar surface area (TPSA) is 47.3 Å². The largest absolute Gasteiger partial charge is 0.378 e. The lowest BCUT2D eigenvalue weighted by atomic mass is 9.74. The van der Waals surface area contributed by atoms with Crippen LogP contribution in [0.15, 0.2) is 24.3 Å².